The van der Waals surface area contributed by atoms with Crippen molar-refractivity contribution in [2.24, 2.45) is 5.92 Å². The fourth-order valence-electron chi connectivity index (χ4n) is 4.85. The molecule has 4 rings (SSSR count). The Morgan fingerprint density at radius 3 is 2.55 bits per heavy atom. The minimum Gasteiger partial charge on any atom is -0.396 e. The van der Waals surface area contributed by atoms with Gasteiger partial charge in [0, 0.05) is 84.7 Å². The second kappa shape index (κ2) is 13.7. The van der Waals surface area contributed by atoms with Crippen molar-refractivity contribution in [3.05, 3.63) is 100 Å². The number of nitrogens with zero attached hydrogens (tertiary/aromatic N) is 2. The van der Waals surface area contributed by atoms with Crippen molar-refractivity contribution >= 4 is 29.0 Å². The monoisotopic (exact) mass is 568 g/mol. The lowest BCUT2D eigenvalue weighted by Crippen LogP contribution is -2.18. The maximum Gasteiger partial charge on any atom is 0.212 e. The van der Waals surface area contributed by atoms with E-state index in [0.717, 1.165) is 17.5 Å². The van der Waals surface area contributed by atoms with Gasteiger partial charge in [0.25, 0.3) is 0 Å². The number of rotatable bonds is 12. The van der Waals surface area contributed by atoms with E-state index in [0.29, 0.717) is 46.6 Å². The van der Waals surface area contributed by atoms with E-state index in [4.69, 9.17) is 11.1 Å². The Hall–Kier alpha value is -4.76. The van der Waals surface area contributed by atoms with E-state index >= 15 is 4.39 Å². The molecule has 4 aromatic rings. The van der Waals surface area contributed by atoms with Crippen LogP contribution in [-0.4, -0.2) is 34.5 Å². The Bertz CT molecular complexity index is 1650. The zero-order valence-corrected chi connectivity index (χ0v) is 24.1. The van der Waals surface area contributed by atoms with Gasteiger partial charge >= 0.3 is 0 Å². The van der Waals surface area contributed by atoms with Gasteiger partial charge in [-0.05, 0) is 49.1 Å². The molecule has 2 aromatic carbocycles. The molecule has 218 valence electrons. The molecule has 8 nitrogen and oxygen atoms in total. The van der Waals surface area contributed by atoms with Gasteiger partial charge in [0.2, 0.25) is 5.43 Å². The first-order valence-electron chi connectivity index (χ1n) is 13.9. The van der Waals surface area contributed by atoms with Gasteiger partial charge in [0.05, 0.1) is 0 Å². The maximum atomic E-state index is 15.5. The van der Waals surface area contributed by atoms with Crippen LogP contribution in [0.15, 0.2) is 78.1 Å². The lowest BCUT2D eigenvalue weighted by Gasteiger charge is -2.19. The normalized spacial score (nSPS) is 12.2. The number of aliphatic hydroxyl groups is 1. The first kappa shape index (κ1) is 30.2. The molecule has 2 heterocycles. The van der Waals surface area contributed by atoms with Crippen molar-refractivity contribution < 1.29 is 9.50 Å². The number of allylic oxidation sites excluding steroid dienone is 1. The summed E-state index contributed by atoms with van der Waals surface area (Å²) in [6, 6.07) is 14.1. The molecule has 9 heteroatoms. The molecule has 1 unspecified atom stereocenters. The Morgan fingerprint density at radius 2 is 1.90 bits per heavy atom. The third kappa shape index (κ3) is 6.92. The first-order chi connectivity index (χ1) is 20.3. The van der Waals surface area contributed by atoms with E-state index in [9.17, 15) is 9.90 Å². The highest BCUT2D eigenvalue weighted by molar-refractivity contribution is 6.08. The van der Waals surface area contributed by atoms with E-state index in [1.54, 1.807) is 37.6 Å². The minimum atomic E-state index is -0.538. The van der Waals surface area contributed by atoms with Crippen LogP contribution in [0.3, 0.4) is 0 Å². The van der Waals surface area contributed by atoms with Gasteiger partial charge < -0.3 is 31.5 Å². The van der Waals surface area contributed by atoms with Crippen LogP contribution in [0.25, 0.3) is 27.8 Å². The highest BCUT2D eigenvalue weighted by Crippen LogP contribution is 2.32. The Balaban J connectivity index is 1.73. The predicted molar refractivity (Wildman–Crippen MR) is 170 cm³/mol. The van der Waals surface area contributed by atoms with Crippen molar-refractivity contribution in [3.8, 4) is 22.3 Å². The fraction of sp³-hybridized carbons (Fsp3) is 0.242. The molecule has 0 aliphatic heterocycles. The van der Waals surface area contributed by atoms with Crippen molar-refractivity contribution in [2.75, 3.05) is 24.7 Å². The van der Waals surface area contributed by atoms with Crippen LogP contribution in [0.4, 0.5) is 21.6 Å². The predicted octanol–water partition coefficient (Wildman–Crippen LogP) is 5.97. The quantitative estimate of drug-likeness (QED) is 0.134. The third-order valence-electron chi connectivity index (χ3n) is 7.27. The Kier molecular flexibility index (Phi) is 9.88. The molecule has 0 fully saturated rings. The largest absolute Gasteiger partial charge is 0.396 e. The number of anilines is 3. The van der Waals surface area contributed by atoms with Crippen LogP contribution >= 0.6 is 0 Å². The van der Waals surface area contributed by atoms with E-state index in [1.165, 1.54) is 18.5 Å². The Morgan fingerprint density at radius 1 is 1.14 bits per heavy atom. The summed E-state index contributed by atoms with van der Waals surface area (Å²) in [7, 11) is 1.73. The lowest BCUT2D eigenvalue weighted by molar-refractivity contribution is 0.243. The SMILES string of the molecule is CCC(CCO)Cn1cc(Nc2ccc(-c3cc(/C(C=N)=C/NC)cnc3N)c(F)c2)c(=O)c(-c2ccc(C)cc2)c1. The molecule has 6 N–H and O–H groups in total. The second-order valence-corrected chi connectivity index (χ2v) is 10.3. The topological polar surface area (TPSA) is 129 Å². The van der Waals surface area contributed by atoms with Gasteiger partial charge in [-0.15, -0.1) is 0 Å². The number of aryl methyl sites for hydroxylation is 1. The second-order valence-electron chi connectivity index (χ2n) is 10.3. The average molecular weight is 569 g/mol. The molecule has 42 heavy (non-hydrogen) atoms. The van der Waals surface area contributed by atoms with Gasteiger partial charge in [-0.25, -0.2) is 9.37 Å². The third-order valence-corrected chi connectivity index (χ3v) is 7.27. The highest BCUT2D eigenvalue weighted by atomic mass is 19.1. The number of hydrogen-bond donors (Lipinski definition) is 5. The number of aliphatic hydroxyl groups excluding tert-OH is 1. The number of nitrogen functional groups attached to an aromatic ring is 1. The summed E-state index contributed by atoms with van der Waals surface area (Å²) in [5, 5.41) is 23.2. The van der Waals surface area contributed by atoms with Crippen molar-refractivity contribution in [2.45, 2.75) is 33.2 Å². The van der Waals surface area contributed by atoms with Crippen molar-refractivity contribution in [1.82, 2.24) is 14.9 Å². The summed E-state index contributed by atoms with van der Waals surface area (Å²) >= 11 is 0. The number of pyridine rings is 2. The molecular formula is C33H37FN6O2. The summed E-state index contributed by atoms with van der Waals surface area (Å²) in [5.74, 6) is -0.142. The van der Waals surface area contributed by atoms with E-state index < -0.39 is 5.82 Å². The molecule has 0 saturated carbocycles. The number of nitrogens with one attached hydrogen (secondary N) is 3. The molecular weight excluding hydrogens is 531 g/mol. The molecule has 0 aliphatic carbocycles. The standard InChI is InChI=1S/C33H37FN6O2/c1-4-22(11-12-41)18-40-19-29(23-7-5-21(2)6-8-23)32(42)31(20-40)39-26-9-10-27(30(34)14-26)28-13-24(17-38-33(28)36)25(15-35)16-37-3/h5-10,13-17,19-20,22,35,37,39,41H,4,11-12,18H2,1-3H3,(H2,36,38)/b25-16+,35-15?. The zero-order chi connectivity index (χ0) is 30.2. The molecule has 0 bridgehead atoms. The van der Waals surface area contributed by atoms with Crippen LogP contribution in [0.1, 0.15) is 30.9 Å². The average Bonchev–Trinajstić information content (AvgIpc) is 2.98. The minimum absolute atomic E-state index is 0.0949. The van der Waals surface area contributed by atoms with Crippen LogP contribution in [0.5, 0.6) is 0 Å². The molecule has 0 amide bonds. The molecule has 0 radical (unpaired) electrons. The van der Waals surface area contributed by atoms with E-state index in [-0.39, 0.29) is 29.3 Å². The van der Waals surface area contributed by atoms with Crippen LogP contribution in [0.2, 0.25) is 0 Å². The van der Waals surface area contributed by atoms with Gasteiger partial charge in [-0.1, -0.05) is 43.2 Å². The summed E-state index contributed by atoms with van der Waals surface area (Å²) < 4.78 is 17.5. The number of hydrogen-bond acceptors (Lipinski definition) is 7. The molecule has 0 spiro atoms. The van der Waals surface area contributed by atoms with Gasteiger partial charge in [-0.3, -0.25) is 4.79 Å². The van der Waals surface area contributed by atoms with Gasteiger partial charge in [0.15, 0.2) is 0 Å². The van der Waals surface area contributed by atoms with Gasteiger partial charge in [0.1, 0.15) is 17.3 Å². The number of aromatic nitrogens is 2. The van der Waals surface area contributed by atoms with E-state index in [1.807, 2.05) is 42.0 Å². The molecule has 2 aromatic heterocycles. The fourth-order valence-corrected chi connectivity index (χ4v) is 4.85. The maximum absolute atomic E-state index is 15.5. The highest BCUT2D eigenvalue weighted by Gasteiger charge is 2.16. The van der Waals surface area contributed by atoms with Gasteiger partial charge in [-0.2, -0.15) is 0 Å². The number of halogens is 1. The summed E-state index contributed by atoms with van der Waals surface area (Å²) in [6.07, 6.45) is 9.49. The van der Waals surface area contributed by atoms with Crippen LogP contribution < -0.4 is 21.8 Å². The van der Waals surface area contributed by atoms with Crippen molar-refractivity contribution in [3.63, 3.8) is 0 Å². The molecule has 0 aliphatic rings. The van der Waals surface area contributed by atoms with Crippen molar-refractivity contribution in [1.29, 1.82) is 5.41 Å². The van der Waals surface area contributed by atoms with Crippen LogP contribution in [0, 0.1) is 24.1 Å². The number of benzene rings is 2. The lowest BCUT2D eigenvalue weighted by atomic mass is 10.0. The molecule has 1 atom stereocenters. The smallest absolute Gasteiger partial charge is 0.212 e. The van der Waals surface area contributed by atoms with Crippen LogP contribution in [-0.2, 0) is 6.54 Å². The summed E-state index contributed by atoms with van der Waals surface area (Å²) in [4.78, 5) is 17.8. The summed E-state index contributed by atoms with van der Waals surface area (Å²) in [5.41, 5.74) is 10.9. The summed E-state index contributed by atoms with van der Waals surface area (Å²) in [6.45, 7) is 4.79. The first-order valence-corrected chi connectivity index (χ1v) is 13.9. The Labute approximate surface area is 245 Å². The van der Waals surface area contributed by atoms with E-state index in [2.05, 4.69) is 22.5 Å². The molecule has 0 saturated heterocycles. The number of nitrogens with two attached hydrogens (primary N) is 1. The zero-order valence-electron chi connectivity index (χ0n) is 24.1.